The van der Waals surface area contributed by atoms with Crippen molar-refractivity contribution in [2.45, 2.75) is 19.4 Å². The lowest BCUT2D eigenvalue weighted by Gasteiger charge is -2.06. The molecule has 0 fully saturated rings. The Kier molecular flexibility index (Phi) is 2.65. The van der Waals surface area contributed by atoms with Crippen molar-refractivity contribution in [3.05, 3.63) is 29.6 Å². The molecule has 0 saturated carbocycles. The summed E-state index contributed by atoms with van der Waals surface area (Å²) in [5.41, 5.74) is 6.07. The maximum Gasteiger partial charge on any atom is 0.123 e. The fraction of sp³-hybridized carbons (Fsp3) is 0.333. The van der Waals surface area contributed by atoms with Crippen molar-refractivity contribution < 1.29 is 9.50 Å². The van der Waals surface area contributed by atoms with Crippen molar-refractivity contribution in [2.24, 2.45) is 5.73 Å². The van der Waals surface area contributed by atoms with E-state index in [0.29, 0.717) is 12.0 Å². The zero-order chi connectivity index (χ0) is 9.14. The van der Waals surface area contributed by atoms with Crippen LogP contribution in [0.1, 0.15) is 12.5 Å². The zero-order valence-corrected chi connectivity index (χ0v) is 6.92. The van der Waals surface area contributed by atoms with Gasteiger partial charge in [-0.1, -0.05) is 0 Å². The lowest BCUT2D eigenvalue weighted by molar-refractivity contribution is 0.463. The Morgan fingerprint density at radius 2 is 2.25 bits per heavy atom. The third-order valence-electron chi connectivity index (χ3n) is 1.58. The fourth-order valence-electron chi connectivity index (χ4n) is 1.06. The number of hydrogen-bond donors (Lipinski definition) is 2. The zero-order valence-electron chi connectivity index (χ0n) is 6.92. The molecule has 66 valence electrons. The molecular weight excluding hydrogens is 157 g/mol. The number of benzene rings is 1. The summed E-state index contributed by atoms with van der Waals surface area (Å²) >= 11 is 0. The van der Waals surface area contributed by atoms with E-state index < -0.39 is 0 Å². The monoisotopic (exact) mass is 169 g/mol. The van der Waals surface area contributed by atoms with Crippen LogP contribution in [0, 0.1) is 5.82 Å². The second-order valence-electron chi connectivity index (χ2n) is 2.95. The van der Waals surface area contributed by atoms with Crippen LogP contribution in [-0.2, 0) is 6.42 Å². The van der Waals surface area contributed by atoms with Gasteiger partial charge in [0.1, 0.15) is 11.6 Å². The SMILES string of the molecule is C[C@@H](N)Cc1cc(F)ccc1O. The maximum atomic E-state index is 12.6. The minimum atomic E-state index is -0.344. The van der Waals surface area contributed by atoms with Gasteiger partial charge in [0.25, 0.3) is 0 Å². The lowest BCUT2D eigenvalue weighted by atomic mass is 10.1. The highest BCUT2D eigenvalue weighted by molar-refractivity contribution is 5.33. The van der Waals surface area contributed by atoms with E-state index in [2.05, 4.69) is 0 Å². The smallest absolute Gasteiger partial charge is 0.123 e. The number of aromatic hydroxyl groups is 1. The number of rotatable bonds is 2. The quantitative estimate of drug-likeness (QED) is 0.703. The van der Waals surface area contributed by atoms with E-state index >= 15 is 0 Å². The minimum Gasteiger partial charge on any atom is -0.508 e. The molecule has 0 aliphatic rings. The van der Waals surface area contributed by atoms with Crippen LogP contribution in [0.4, 0.5) is 4.39 Å². The molecule has 0 spiro atoms. The molecule has 3 heteroatoms. The van der Waals surface area contributed by atoms with E-state index in [4.69, 9.17) is 5.73 Å². The van der Waals surface area contributed by atoms with E-state index in [9.17, 15) is 9.50 Å². The first-order chi connectivity index (χ1) is 5.59. The van der Waals surface area contributed by atoms with Crippen molar-refractivity contribution in [1.82, 2.24) is 0 Å². The van der Waals surface area contributed by atoms with E-state index in [1.54, 1.807) is 0 Å². The van der Waals surface area contributed by atoms with Gasteiger partial charge in [0, 0.05) is 6.04 Å². The van der Waals surface area contributed by atoms with Gasteiger partial charge in [0.2, 0.25) is 0 Å². The van der Waals surface area contributed by atoms with Crippen molar-refractivity contribution in [2.75, 3.05) is 0 Å². The molecule has 12 heavy (non-hydrogen) atoms. The molecule has 0 aliphatic carbocycles. The molecule has 0 bridgehead atoms. The van der Waals surface area contributed by atoms with Crippen molar-refractivity contribution in [3.8, 4) is 5.75 Å². The van der Waals surface area contributed by atoms with Crippen LogP contribution in [0.25, 0.3) is 0 Å². The third-order valence-corrected chi connectivity index (χ3v) is 1.58. The normalized spacial score (nSPS) is 12.9. The predicted octanol–water partition coefficient (Wildman–Crippen LogP) is 1.42. The van der Waals surface area contributed by atoms with Crippen LogP contribution in [0.3, 0.4) is 0 Å². The van der Waals surface area contributed by atoms with Crippen molar-refractivity contribution in [3.63, 3.8) is 0 Å². The first-order valence-corrected chi connectivity index (χ1v) is 3.82. The van der Waals surface area contributed by atoms with Crippen molar-refractivity contribution >= 4 is 0 Å². The van der Waals surface area contributed by atoms with Gasteiger partial charge in [0.05, 0.1) is 0 Å². The summed E-state index contributed by atoms with van der Waals surface area (Å²) in [4.78, 5) is 0. The van der Waals surface area contributed by atoms with Crippen LogP contribution in [0.2, 0.25) is 0 Å². The average molecular weight is 169 g/mol. The van der Waals surface area contributed by atoms with Crippen LogP contribution >= 0.6 is 0 Å². The first-order valence-electron chi connectivity index (χ1n) is 3.82. The first kappa shape index (κ1) is 9.00. The second kappa shape index (κ2) is 3.54. The van der Waals surface area contributed by atoms with E-state index in [1.165, 1.54) is 18.2 Å². The van der Waals surface area contributed by atoms with E-state index in [0.717, 1.165) is 0 Å². The largest absolute Gasteiger partial charge is 0.508 e. The van der Waals surface area contributed by atoms with Crippen molar-refractivity contribution in [1.29, 1.82) is 0 Å². The summed E-state index contributed by atoms with van der Waals surface area (Å²) < 4.78 is 12.6. The van der Waals surface area contributed by atoms with Crippen LogP contribution in [-0.4, -0.2) is 11.1 Å². The Balaban J connectivity index is 2.90. The molecule has 0 saturated heterocycles. The molecule has 1 aromatic carbocycles. The third kappa shape index (κ3) is 2.20. The van der Waals surface area contributed by atoms with Gasteiger partial charge in [-0.25, -0.2) is 4.39 Å². The van der Waals surface area contributed by atoms with Gasteiger partial charge in [-0.15, -0.1) is 0 Å². The van der Waals surface area contributed by atoms with E-state index in [-0.39, 0.29) is 17.6 Å². The molecule has 0 unspecified atom stereocenters. The maximum absolute atomic E-state index is 12.6. The topological polar surface area (TPSA) is 46.2 Å². The molecule has 1 atom stereocenters. The number of halogens is 1. The summed E-state index contributed by atoms with van der Waals surface area (Å²) in [6.45, 7) is 1.81. The fourth-order valence-corrected chi connectivity index (χ4v) is 1.06. The molecule has 0 aromatic heterocycles. The Morgan fingerprint density at radius 1 is 1.58 bits per heavy atom. The Hall–Kier alpha value is -1.09. The van der Waals surface area contributed by atoms with Gasteiger partial charge < -0.3 is 10.8 Å². The summed E-state index contributed by atoms with van der Waals surface area (Å²) in [5.74, 6) is -0.239. The Labute approximate surface area is 70.8 Å². The summed E-state index contributed by atoms with van der Waals surface area (Å²) in [6.07, 6.45) is 0.490. The molecule has 2 nitrogen and oxygen atoms in total. The molecular formula is C9H12FNO. The van der Waals surface area contributed by atoms with Gasteiger partial charge in [-0.05, 0) is 37.1 Å². The summed E-state index contributed by atoms with van der Waals surface area (Å²) in [6, 6.07) is 3.80. The lowest BCUT2D eigenvalue weighted by Crippen LogP contribution is -2.17. The molecule has 1 rings (SSSR count). The highest BCUT2D eigenvalue weighted by atomic mass is 19.1. The number of hydrogen-bond acceptors (Lipinski definition) is 2. The number of nitrogens with two attached hydrogens (primary N) is 1. The number of phenolic OH excluding ortho intramolecular Hbond substituents is 1. The van der Waals surface area contributed by atoms with Crippen LogP contribution < -0.4 is 5.73 Å². The molecule has 0 aliphatic heterocycles. The minimum absolute atomic E-state index is 0.0716. The standard InChI is InChI=1S/C9H12FNO/c1-6(11)4-7-5-8(10)2-3-9(7)12/h2-3,5-6,12H,4,11H2,1H3/t6-/m1/s1. The summed E-state index contributed by atoms with van der Waals surface area (Å²) in [5, 5.41) is 9.26. The van der Waals surface area contributed by atoms with Crippen LogP contribution in [0.5, 0.6) is 5.75 Å². The van der Waals surface area contributed by atoms with E-state index in [1.807, 2.05) is 6.92 Å². The van der Waals surface area contributed by atoms with Gasteiger partial charge in [-0.3, -0.25) is 0 Å². The molecule has 1 aromatic rings. The molecule has 0 radical (unpaired) electrons. The average Bonchev–Trinajstić information content (AvgIpc) is 1.96. The molecule has 0 amide bonds. The Bertz CT molecular complexity index is 273. The van der Waals surface area contributed by atoms with Gasteiger partial charge in [0.15, 0.2) is 0 Å². The Morgan fingerprint density at radius 3 is 2.83 bits per heavy atom. The predicted molar refractivity (Wildman–Crippen MR) is 45.4 cm³/mol. The van der Waals surface area contributed by atoms with Gasteiger partial charge in [-0.2, -0.15) is 0 Å². The molecule has 3 N–H and O–H groups in total. The summed E-state index contributed by atoms with van der Waals surface area (Å²) in [7, 11) is 0. The molecule has 0 heterocycles. The highest BCUT2D eigenvalue weighted by Gasteiger charge is 2.04. The van der Waals surface area contributed by atoms with Gasteiger partial charge >= 0.3 is 0 Å². The second-order valence-corrected chi connectivity index (χ2v) is 2.95. The highest BCUT2D eigenvalue weighted by Crippen LogP contribution is 2.18. The van der Waals surface area contributed by atoms with Crippen LogP contribution in [0.15, 0.2) is 18.2 Å². The number of phenols is 1.